The molecule has 3 aromatic rings. The molecule has 0 bridgehead atoms. The van der Waals surface area contributed by atoms with E-state index in [2.05, 4.69) is 15.5 Å². The average Bonchev–Trinajstić information content (AvgIpc) is 2.71. The summed E-state index contributed by atoms with van der Waals surface area (Å²) in [5.41, 5.74) is 2.74. The minimum Gasteiger partial charge on any atom is -0.495 e. The van der Waals surface area contributed by atoms with Crippen LogP contribution in [-0.2, 0) is 6.54 Å². The van der Waals surface area contributed by atoms with Crippen LogP contribution in [0.4, 0.5) is 11.5 Å². The number of hydrogen-bond acceptors (Lipinski definition) is 5. The standard InChI is InChI=1S/C21H21ClN4O2/c1-14-11-18(19(28-3)12-16(14)22)23-21(27)17-9-10-20(25-24-17)26(2)13-15-7-5-4-6-8-15/h4-12H,13H2,1-3H3,(H,23,27). The number of halogens is 1. The summed E-state index contributed by atoms with van der Waals surface area (Å²) in [6.45, 7) is 2.55. The third-order valence-electron chi connectivity index (χ3n) is 4.27. The second-order valence-electron chi connectivity index (χ2n) is 6.37. The van der Waals surface area contributed by atoms with Crippen molar-refractivity contribution in [2.75, 3.05) is 24.4 Å². The molecule has 1 N–H and O–H groups in total. The van der Waals surface area contributed by atoms with E-state index in [1.807, 2.05) is 49.2 Å². The fourth-order valence-electron chi connectivity index (χ4n) is 2.70. The first kappa shape index (κ1) is 19.6. The van der Waals surface area contributed by atoms with Crippen LogP contribution in [0.1, 0.15) is 21.6 Å². The van der Waals surface area contributed by atoms with E-state index in [-0.39, 0.29) is 11.6 Å². The zero-order valence-corrected chi connectivity index (χ0v) is 16.7. The molecule has 0 unspecified atom stereocenters. The first-order valence-electron chi connectivity index (χ1n) is 8.72. The van der Waals surface area contributed by atoms with Crippen LogP contribution < -0.4 is 15.0 Å². The van der Waals surface area contributed by atoms with Crippen molar-refractivity contribution in [3.8, 4) is 5.75 Å². The predicted octanol–water partition coefficient (Wildman–Crippen LogP) is 4.34. The van der Waals surface area contributed by atoms with Crippen molar-refractivity contribution in [1.29, 1.82) is 0 Å². The number of benzene rings is 2. The zero-order chi connectivity index (χ0) is 20.1. The monoisotopic (exact) mass is 396 g/mol. The topological polar surface area (TPSA) is 67.3 Å². The SMILES string of the molecule is COc1cc(Cl)c(C)cc1NC(=O)c1ccc(N(C)Cc2ccccc2)nn1. The van der Waals surface area contributed by atoms with Gasteiger partial charge in [0.05, 0.1) is 12.8 Å². The van der Waals surface area contributed by atoms with Gasteiger partial charge in [0.2, 0.25) is 0 Å². The molecule has 0 radical (unpaired) electrons. The molecule has 0 saturated heterocycles. The van der Waals surface area contributed by atoms with Gasteiger partial charge in [-0.2, -0.15) is 0 Å². The summed E-state index contributed by atoms with van der Waals surface area (Å²) >= 11 is 6.10. The van der Waals surface area contributed by atoms with Gasteiger partial charge in [-0.15, -0.1) is 10.2 Å². The second kappa shape index (κ2) is 8.71. The van der Waals surface area contributed by atoms with E-state index in [4.69, 9.17) is 16.3 Å². The fraction of sp³-hybridized carbons (Fsp3) is 0.190. The van der Waals surface area contributed by atoms with Gasteiger partial charge in [-0.1, -0.05) is 41.9 Å². The van der Waals surface area contributed by atoms with Crippen LogP contribution in [0.5, 0.6) is 5.75 Å². The number of nitrogens with zero attached hydrogens (tertiary/aromatic N) is 3. The van der Waals surface area contributed by atoms with Crippen molar-refractivity contribution >= 4 is 29.0 Å². The molecule has 7 heteroatoms. The molecule has 1 amide bonds. The summed E-state index contributed by atoms with van der Waals surface area (Å²) < 4.78 is 5.28. The van der Waals surface area contributed by atoms with Gasteiger partial charge in [-0.3, -0.25) is 4.79 Å². The number of rotatable bonds is 6. The van der Waals surface area contributed by atoms with Crippen LogP contribution >= 0.6 is 11.6 Å². The van der Waals surface area contributed by atoms with Crippen molar-refractivity contribution in [3.63, 3.8) is 0 Å². The molecule has 1 aromatic heterocycles. The van der Waals surface area contributed by atoms with Crippen LogP contribution in [0, 0.1) is 6.92 Å². The van der Waals surface area contributed by atoms with Gasteiger partial charge < -0.3 is 15.0 Å². The number of hydrogen-bond donors (Lipinski definition) is 1. The molecule has 1 heterocycles. The first-order valence-corrected chi connectivity index (χ1v) is 9.10. The van der Waals surface area contributed by atoms with E-state index < -0.39 is 0 Å². The first-order chi connectivity index (χ1) is 13.5. The molecule has 6 nitrogen and oxygen atoms in total. The molecule has 0 aliphatic rings. The third kappa shape index (κ3) is 4.58. The molecule has 0 aliphatic heterocycles. The normalized spacial score (nSPS) is 10.4. The van der Waals surface area contributed by atoms with Crippen molar-refractivity contribution in [2.24, 2.45) is 0 Å². The van der Waals surface area contributed by atoms with Crippen LogP contribution in [0.25, 0.3) is 0 Å². The lowest BCUT2D eigenvalue weighted by atomic mass is 10.2. The Kier molecular flexibility index (Phi) is 6.11. The van der Waals surface area contributed by atoms with Crippen molar-refractivity contribution in [2.45, 2.75) is 13.5 Å². The molecule has 0 spiro atoms. The summed E-state index contributed by atoms with van der Waals surface area (Å²) in [5, 5.41) is 11.6. The molecule has 0 saturated carbocycles. The summed E-state index contributed by atoms with van der Waals surface area (Å²) in [6, 6.07) is 16.9. The highest BCUT2D eigenvalue weighted by molar-refractivity contribution is 6.31. The average molecular weight is 397 g/mol. The number of amides is 1. The van der Waals surface area contributed by atoms with Gasteiger partial charge in [0.1, 0.15) is 5.75 Å². The summed E-state index contributed by atoms with van der Waals surface area (Å²) in [4.78, 5) is 14.5. The fourth-order valence-corrected chi connectivity index (χ4v) is 2.86. The smallest absolute Gasteiger partial charge is 0.276 e. The number of ether oxygens (including phenoxy) is 1. The van der Waals surface area contributed by atoms with E-state index in [0.717, 1.165) is 5.56 Å². The Balaban J connectivity index is 1.71. The minimum absolute atomic E-state index is 0.214. The Morgan fingerprint density at radius 1 is 1.14 bits per heavy atom. The number of nitrogens with one attached hydrogen (secondary N) is 1. The number of anilines is 2. The predicted molar refractivity (Wildman–Crippen MR) is 111 cm³/mol. The van der Waals surface area contributed by atoms with Gasteiger partial charge in [0, 0.05) is 24.7 Å². The Bertz CT molecular complexity index is 962. The summed E-state index contributed by atoms with van der Waals surface area (Å²) in [6.07, 6.45) is 0. The van der Waals surface area contributed by atoms with E-state index in [1.165, 1.54) is 12.7 Å². The summed E-state index contributed by atoms with van der Waals surface area (Å²) in [5.74, 6) is 0.793. The maximum atomic E-state index is 12.5. The van der Waals surface area contributed by atoms with Crippen LogP contribution in [0.3, 0.4) is 0 Å². The molecular weight excluding hydrogens is 376 g/mol. The number of carbonyl (C=O) groups is 1. The highest BCUT2D eigenvalue weighted by atomic mass is 35.5. The van der Waals surface area contributed by atoms with E-state index in [1.54, 1.807) is 24.3 Å². The van der Waals surface area contributed by atoms with Crippen molar-refractivity contribution in [3.05, 3.63) is 76.4 Å². The van der Waals surface area contributed by atoms with Gasteiger partial charge in [0.25, 0.3) is 5.91 Å². The number of carbonyl (C=O) groups excluding carboxylic acids is 1. The van der Waals surface area contributed by atoms with E-state index in [9.17, 15) is 4.79 Å². The number of methoxy groups -OCH3 is 1. The highest BCUT2D eigenvalue weighted by Gasteiger charge is 2.14. The van der Waals surface area contributed by atoms with Gasteiger partial charge in [0.15, 0.2) is 11.5 Å². The lowest BCUT2D eigenvalue weighted by Gasteiger charge is -2.17. The molecule has 0 atom stereocenters. The molecule has 2 aromatic carbocycles. The second-order valence-corrected chi connectivity index (χ2v) is 6.78. The Morgan fingerprint density at radius 3 is 2.54 bits per heavy atom. The summed E-state index contributed by atoms with van der Waals surface area (Å²) in [7, 11) is 3.45. The lowest BCUT2D eigenvalue weighted by Crippen LogP contribution is -2.20. The van der Waals surface area contributed by atoms with Gasteiger partial charge >= 0.3 is 0 Å². The number of aromatic nitrogens is 2. The lowest BCUT2D eigenvalue weighted by molar-refractivity contribution is 0.102. The van der Waals surface area contributed by atoms with Crippen LogP contribution in [-0.4, -0.2) is 30.3 Å². The van der Waals surface area contributed by atoms with E-state index in [0.29, 0.717) is 28.8 Å². The molecule has 28 heavy (non-hydrogen) atoms. The van der Waals surface area contributed by atoms with Crippen LogP contribution in [0.15, 0.2) is 54.6 Å². The largest absolute Gasteiger partial charge is 0.495 e. The quantitative estimate of drug-likeness (QED) is 0.671. The number of aryl methyl sites for hydroxylation is 1. The van der Waals surface area contributed by atoms with Crippen molar-refractivity contribution in [1.82, 2.24) is 10.2 Å². The molecule has 0 aliphatic carbocycles. The molecular formula is C21H21ClN4O2. The Morgan fingerprint density at radius 2 is 1.89 bits per heavy atom. The molecule has 144 valence electrons. The minimum atomic E-state index is -0.371. The van der Waals surface area contributed by atoms with Gasteiger partial charge in [-0.05, 0) is 36.2 Å². The highest BCUT2D eigenvalue weighted by Crippen LogP contribution is 2.31. The maximum absolute atomic E-state index is 12.5. The zero-order valence-electron chi connectivity index (χ0n) is 15.9. The Hall–Kier alpha value is -3.12. The van der Waals surface area contributed by atoms with E-state index >= 15 is 0 Å². The molecule has 0 fully saturated rings. The van der Waals surface area contributed by atoms with Gasteiger partial charge in [-0.25, -0.2) is 0 Å². The Labute approximate surface area is 169 Å². The van der Waals surface area contributed by atoms with Crippen molar-refractivity contribution < 1.29 is 9.53 Å². The van der Waals surface area contributed by atoms with Crippen LogP contribution in [0.2, 0.25) is 5.02 Å². The third-order valence-corrected chi connectivity index (χ3v) is 4.67. The maximum Gasteiger partial charge on any atom is 0.276 e. The molecule has 3 rings (SSSR count).